The minimum atomic E-state index is -0.442. The normalized spacial score (nSPS) is 14.7. The van der Waals surface area contributed by atoms with E-state index in [-0.39, 0.29) is 11.7 Å². The van der Waals surface area contributed by atoms with Crippen LogP contribution in [0.5, 0.6) is 5.88 Å². The summed E-state index contributed by atoms with van der Waals surface area (Å²) < 4.78 is 6.43. The summed E-state index contributed by atoms with van der Waals surface area (Å²) in [5.41, 5.74) is 3.27. The molecular weight excluding hydrogens is 412 g/mol. The number of hydrogen-bond donors (Lipinski definition) is 1. The minimum absolute atomic E-state index is 0.0442. The Kier molecular flexibility index (Phi) is 5.68. The summed E-state index contributed by atoms with van der Waals surface area (Å²) in [6.07, 6.45) is 5.04. The van der Waals surface area contributed by atoms with Crippen LogP contribution < -0.4 is 4.80 Å². The van der Waals surface area contributed by atoms with Crippen LogP contribution in [0.2, 0.25) is 0 Å². The van der Waals surface area contributed by atoms with E-state index in [1.165, 1.54) is 24.5 Å². The first-order valence-electron chi connectivity index (χ1n) is 9.71. The molecule has 0 unspecified atom stereocenters. The van der Waals surface area contributed by atoms with E-state index in [1.807, 2.05) is 31.2 Å². The van der Waals surface area contributed by atoms with Crippen LogP contribution in [0, 0.1) is 0 Å². The molecule has 31 heavy (non-hydrogen) atoms. The fourth-order valence-corrected chi connectivity index (χ4v) is 4.42. The van der Waals surface area contributed by atoms with E-state index >= 15 is 0 Å². The third kappa shape index (κ3) is 4.00. The van der Waals surface area contributed by atoms with Crippen LogP contribution in [0.25, 0.3) is 17.7 Å². The molecule has 4 rings (SSSR count). The highest BCUT2D eigenvalue weighted by Crippen LogP contribution is 2.32. The topological polar surface area (TPSA) is 80.9 Å². The number of ketones is 1. The largest absolute Gasteiger partial charge is 0.493 e. The van der Waals surface area contributed by atoms with Gasteiger partial charge < -0.3 is 9.84 Å². The van der Waals surface area contributed by atoms with Crippen LogP contribution in [-0.4, -0.2) is 28.5 Å². The average Bonchev–Trinajstić information content (AvgIpc) is 3.09. The zero-order chi connectivity index (χ0) is 22.0. The predicted octanol–water partition coefficient (Wildman–Crippen LogP) is 4.43. The van der Waals surface area contributed by atoms with Gasteiger partial charge in [-0.25, -0.2) is 9.79 Å². The van der Waals surface area contributed by atoms with Crippen LogP contribution in [0.1, 0.15) is 33.3 Å². The first-order valence-corrected chi connectivity index (χ1v) is 10.5. The summed E-state index contributed by atoms with van der Waals surface area (Å²) >= 11 is 1.27. The van der Waals surface area contributed by atoms with E-state index in [9.17, 15) is 14.7 Å². The first-order chi connectivity index (χ1) is 15.0. The van der Waals surface area contributed by atoms with Crippen molar-refractivity contribution in [3.63, 3.8) is 0 Å². The van der Waals surface area contributed by atoms with Crippen molar-refractivity contribution < 1.29 is 19.4 Å². The molecular formula is C24H20N2O4S. The van der Waals surface area contributed by atoms with Crippen molar-refractivity contribution in [2.24, 2.45) is 4.99 Å². The van der Waals surface area contributed by atoms with Crippen molar-refractivity contribution >= 4 is 46.5 Å². The highest BCUT2D eigenvalue weighted by molar-refractivity contribution is 7.10. The molecule has 0 saturated carbocycles. The average molecular weight is 433 g/mol. The molecule has 156 valence electrons. The molecule has 3 aromatic rings. The molecule has 0 saturated heterocycles. The molecule has 0 aliphatic heterocycles. The van der Waals surface area contributed by atoms with Gasteiger partial charge in [0.05, 0.1) is 23.2 Å². The van der Waals surface area contributed by atoms with E-state index in [0.717, 1.165) is 11.1 Å². The second kappa shape index (κ2) is 8.57. The van der Waals surface area contributed by atoms with Gasteiger partial charge in [-0.2, -0.15) is 0 Å². The number of allylic oxidation sites excluding steroid dienone is 2. The molecule has 1 aromatic heterocycles. The number of nitrogens with zero attached hydrogens (tertiary/aromatic N) is 2. The molecule has 1 aliphatic carbocycles. The maximum Gasteiger partial charge on any atom is 0.337 e. The monoisotopic (exact) mass is 432 g/mol. The number of hydrogen-bond acceptors (Lipinski definition) is 6. The zero-order valence-electron chi connectivity index (χ0n) is 17.0. The van der Waals surface area contributed by atoms with Crippen LogP contribution in [0.4, 0.5) is 5.69 Å². The Hall–Kier alpha value is -3.71. The number of benzene rings is 2. The Bertz CT molecular complexity index is 1310. The number of thiazole rings is 1. The Morgan fingerprint density at radius 1 is 1.19 bits per heavy atom. The van der Waals surface area contributed by atoms with Gasteiger partial charge in [-0.3, -0.25) is 9.36 Å². The van der Waals surface area contributed by atoms with Gasteiger partial charge in [-0.05, 0) is 48.4 Å². The van der Waals surface area contributed by atoms with E-state index in [4.69, 9.17) is 4.74 Å². The lowest BCUT2D eigenvalue weighted by molar-refractivity contribution is -0.109. The standard InChI is InChI=1S/C24H20N2O4S/c1-3-26-22(28)21(14-19-18-10-5-4-7-15(18)11-12-20(19)27)31-24(26)25-17-9-6-8-16(13-17)23(29)30-2/h4-14,28H,3H2,1-2H3/b19-14-,25-24?. The lowest BCUT2D eigenvalue weighted by Crippen LogP contribution is -2.12. The molecule has 0 spiro atoms. The summed E-state index contributed by atoms with van der Waals surface area (Å²) in [5.74, 6) is -0.510. The number of carbonyl (C=O) groups is 2. The van der Waals surface area contributed by atoms with Crippen molar-refractivity contribution in [1.29, 1.82) is 0 Å². The first kappa shape index (κ1) is 20.6. The summed E-state index contributed by atoms with van der Waals surface area (Å²) in [4.78, 5) is 30.1. The maximum absolute atomic E-state index is 12.5. The minimum Gasteiger partial charge on any atom is -0.493 e. The fraction of sp³-hybridized carbons (Fsp3) is 0.125. The molecule has 1 N–H and O–H groups in total. The summed E-state index contributed by atoms with van der Waals surface area (Å²) in [6.45, 7) is 2.39. The summed E-state index contributed by atoms with van der Waals surface area (Å²) in [6, 6.07) is 14.4. The summed E-state index contributed by atoms with van der Waals surface area (Å²) in [7, 11) is 1.33. The lowest BCUT2D eigenvalue weighted by atomic mass is 9.91. The van der Waals surface area contributed by atoms with E-state index in [0.29, 0.717) is 33.0 Å². The van der Waals surface area contributed by atoms with Gasteiger partial charge in [0.2, 0.25) is 5.88 Å². The number of carbonyl (C=O) groups excluding carboxylic acids is 2. The molecule has 6 nitrogen and oxygen atoms in total. The lowest BCUT2D eigenvalue weighted by Gasteiger charge is -2.12. The van der Waals surface area contributed by atoms with Gasteiger partial charge in [0.1, 0.15) is 0 Å². The van der Waals surface area contributed by atoms with Gasteiger partial charge in [0, 0.05) is 12.1 Å². The molecule has 0 amide bonds. The second-order valence-corrected chi connectivity index (χ2v) is 7.82. The summed E-state index contributed by atoms with van der Waals surface area (Å²) in [5, 5.41) is 10.8. The van der Waals surface area contributed by atoms with Crippen molar-refractivity contribution in [2.45, 2.75) is 13.5 Å². The van der Waals surface area contributed by atoms with E-state index in [1.54, 1.807) is 41.0 Å². The quantitative estimate of drug-likeness (QED) is 0.489. The molecule has 0 fully saturated rings. The molecule has 0 radical (unpaired) electrons. The van der Waals surface area contributed by atoms with Gasteiger partial charge in [0.25, 0.3) is 0 Å². The zero-order valence-corrected chi connectivity index (χ0v) is 17.8. The highest BCUT2D eigenvalue weighted by Gasteiger charge is 2.19. The van der Waals surface area contributed by atoms with Gasteiger partial charge >= 0.3 is 5.97 Å². The van der Waals surface area contributed by atoms with Crippen LogP contribution in [0.15, 0.2) is 59.6 Å². The Morgan fingerprint density at radius 2 is 2.00 bits per heavy atom. The fourth-order valence-electron chi connectivity index (χ4n) is 3.37. The van der Waals surface area contributed by atoms with Gasteiger partial charge in [0.15, 0.2) is 10.6 Å². The number of ether oxygens (including phenoxy) is 1. The molecule has 7 heteroatoms. The number of methoxy groups -OCH3 is 1. The van der Waals surface area contributed by atoms with Crippen LogP contribution in [-0.2, 0) is 16.1 Å². The van der Waals surface area contributed by atoms with Crippen LogP contribution >= 0.6 is 11.3 Å². The Balaban J connectivity index is 1.82. The van der Waals surface area contributed by atoms with Crippen molar-refractivity contribution in [2.75, 3.05) is 7.11 Å². The van der Waals surface area contributed by atoms with Crippen molar-refractivity contribution in [3.8, 4) is 5.88 Å². The predicted molar refractivity (Wildman–Crippen MR) is 121 cm³/mol. The second-order valence-electron chi connectivity index (χ2n) is 6.81. The molecule has 0 bridgehead atoms. The number of esters is 1. The third-order valence-corrected chi connectivity index (χ3v) is 5.94. The van der Waals surface area contributed by atoms with E-state index < -0.39 is 5.97 Å². The maximum atomic E-state index is 12.5. The SMILES string of the molecule is CCn1c(O)c(/C=C2\C(=O)C=Cc3ccccc32)sc1=Nc1cccc(C(=O)OC)c1. The smallest absolute Gasteiger partial charge is 0.337 e. The Morgan fingerprint density at radius 3 is 2.77 bits per heavy atom. The van der Waals surface area contributed by atoms with Crippen LogP contribution in [0.3, 0.4) is 0 Å². The molecule has 1 aliphatic rings. The van der Waals surface area contributed by atoms with Crippen molar-refractivity contribution in [3.05, 3.63) is 81.0 Å². The number of fused-ring (bicyclic) bond motifs is 1. The van der Waals surface area contributed by atoms with Gasteiger partial charge in [-0.1, -0.05) is 47.7 Å². The highest BCUT2D eigenvalue weighted by atomic mass is 32.1. The van der Waals surface area contributed by atoms with Gasteiger partial charge in [-0.15, -0.1) is 0 Å². The van der Waals surface area contributed by atoms with Crippen molar-refractivity contribution in [1.82, 2.24) is 4.57 Å². The molecule has 1 heterocycles. The third-order valence-electron chi connectivity index (χ3n) is 4.92. The number of aromatic hydroxyl groups is 1. The number of rotatable bonds is 4. The van der Waals surface area contributed by atoms with E-state index in [2.05, 4.69) is 4.99 Å². The Labute approximate surface area is 183 Å². The number of aromatic nitrogens is 1. The molecule has 0 atom stereocenters. The molecule has 2 aromatic carbocycles.